The number of carbonyl (C=O) groups excluding carboxylic acids is 4. The fourth-order valence-electron chi connectivity index (χ4n) is 4.85. The minimum absolute atomic E-state index is 0.102. The molecule has 2 bridgehead atoms. The Hall–Kier alpha value is -1.62. The molecule has 5 heteroatoms. The molecule has 0 aliphatic heterocycles. The largest absolute Gasteiger partial charge is 0.390 e. The third kappa shape index (κ3) is 3.04. The number of ketones is 4. The highest BCUT2D eigenvalue weighted by atomic mass is 16.3. The summed E-state index contributed by atoms with van der Waals surface area (Å²) in [5.41, 5.74) is -3.28. The van der Waals surface area contributed by atoms with Gasteiger partial charge in [-0.05, 0) is 53.9 Å². The number of fused-ring (bicyclic) bond motifs is 2. The molecular weight excluding hydrogens is 344 g/mol. The van der Waals surface area contributed by atoms with E-state index < -0.39 is 57.3 Å². The number of hydrogen-bond donors (Lipinski definition) is 1. The zero-order valence-corrected chi connectivity index (χ0v) is 17.5. The number of hydrogen-bond acceptors (Lipinski definition) is 5. The summed E-state index contributed by atoms with van der Waals surface area (Å²) in [5, 5.41) is 10.7. The maximum absolute atomic E-state index is 13.4. The second-order valence-electron chi connectivity index (χ2n) is 9.38. The van der Waals surface area contributed by atoms with Gasteiger partial charge in [-0.15, -0.1) is 0 Å². The predicted octanol–water partition coefficient (Wildman–Crippen LogP) is 3.08. The van der Waals surface area contributed by atoms with Crippen LogP contribution >= 0.6 is 0 Å². The number of rotatable bonds is 6. The summed E-state index contributed by atoms with van der Waals surface area (Å²) in [6.07, 6.45) is 2.62. The molecule has 2 aliphatic carbocycles. The molecule has 0 spiro atoms. The summed E-state index contributed by atoms with van der Waals surface area (Å²) < 4.78 is 0. The van der Waals surface area contributed by atoms with E-state index in [0.717, 1.165) is 5.57 Å². The molecule has 0 aromatic heterocycles. The van der Waals surface area contributed by atoms with Crippen molar-refractivity contribution in [3.8, 4) is 0 Å². The quantitative estimate of drug-likeness (QED) is 0.568. The number of allylic oxidation sites excluding steroid dienone is 2. The van der Waals surface area contributed by atoms with Gasteiger partial charge in [-0.1, -0.05) is 25.5 Å². The van der Waals surface area contributed by atoms with Gasteiger partial charge in [0, 0.05) is 11.8 Å². The van der Waals surface area contributed by atoms with Gasteiger partial charge in [-0.3, -0.25) is 19.2 Å². The van der Waals surface area contributed by atoms with Crippen LogP contribution in [-0.2, 0) is 19.2 Å². The highest BCUT2D eigenvalue weighted by Crippen LogP contribution is 2.61. The van der Waals surface area contributed by atoms with Crippen molar-refractivity contribution in [1.29, 1.82) is 0 Å². The van der Waals surface area contributed by atoms with E-state index in [0.29, 0.717) is 6.42 Å². The van der Waals surface area contributed by atoms with Crippen LogP contribution in [0.15, 0.2) is 11.6 Å². The molecule has 0 aromatic carbocycles. The smallest absolute Gasteiger partial charge is 0.164 e. The third-order valence-electron chi connectivity index (χ3n) is 6.76. The standard InChI is InChI=1S/C22H32O5/c1-8-13(4)16(23)15-17(24)21(7)14(20(5,6)27)11-22(18(15)25,19(21)26)10-9-12(2)3/h9,13-15,27H,8,10-11H2,1-7H3. The first-order valence-corrected chi connectivity index (χ1v) is 9.78. The highest BCUT2D eigenvalue weighted by molar-refractivity contribution is 6.37. The van der Waals surface area contributed by atoms with E-state index in [1.807, 2.05) is 26.8 Å². The molecule has 2 aliphatic rings. The summed E-state index contributed by atoms with van der Waals surface area (Å²) in [6.45, 7) is 11.9. The average Bonchev–Trinajstić information content (AvgIpc) is 2.77. The summed E-state index contributed by atoms with van der Waals surface area (Å²) in [4.78, 5) is 53.1. The molecule has 2 fully saturated rings. The lowest BCUT2D eigenvalue weighted by atomic mass is 9.58. The van der Waals surface area contributed by atoms with Gasteiger partial charge in [0.2, 0.25) is 0 Å². The van der Waals surface area contributed by atoms with E-state index in [2.05, 4.69) is 0 Å². The molecular formula is C22H32O5. The van der Waals surface area contributed by atoms with Crippen LogP contribution in [0, 0.1) is 28.6 Å². The molecule has 1 N–H and O–H groups in total. The van der Waals surface area contributed by atoms with Crippen LogP contribution in [0.1, 0.15) is 67.7 Å². The topological polar surface area (TPSA) is 88.5 Å². The Morgan fingerprint density at radius 2 is 1.81 bits per heavy atom. The summed E-state index contributed by atoms with van der Waals surface area (Å²) in [6, 6.07) is 0. The Bertz CT molecular complexity index is 721. The van der Waals surface area contributed by atoms with Crippen molar-refractivity contribution in [2.75, 3.05) is 0 Å². The number of carbonyl (C=O) groups is 4. The van der Waals surface area contributed by atoms with Crippen molar-refractivity contribution in [2.24, 2.45) is 28.6 Å². The summed E-state index contributed by atoms with van der Waals surface area (Å²) in [5.74, 6) is -4.55. The van der Waals surface area contributed by atoms with Gasteiger partial charge in [0.1, 0.15) is 5.92 Å². The van der Waals surface area contributed by atoms with Crippen LogP contribution in [-0.4, -0.2) is 33.8 Å². The number of aliphatic hydroxyl groups is 1. The summed E-state index contributed by atoms with van der Waals surface area (Å²) >= 11 is 0. The summed E-state index contributed by atoms with van der Waals surface area (Å²) in [7, 11) is 0. The second kappa shape index (κ2) is 6.77. The van der Waals surface area contributed by atoms with Gasteiger partial charge in [-0.25, -0.2) is 0 Å². The van der Waals surface area contributed by atoms with Gasteiger partial charge in [-0.2, -0.15) is 0 Å². The maximum Gasteiger partial charge on any atom is 0.164 e. The Morgan fingerprint density at radius 1 is 1.26 bits per heavy atom. The Labute approximate surface area is 161 Å². The normalized spacial score (nSPS) is 34.6. The predicted molar refractivity (Wildman–Crippen MR) is 102 cm³/mol. The minimum atomic E-state index is -1.52. The fraction of sp³-hybridized carbons (Fsp3) is 0.727. The maximum atomic E-state index is 13.4. The zero-order chi connectivity index (χ0) is 20.9. The fourth-order valence-corrected chi connectivity index (χ4v) is 4.85. The molecule has 0 radical (unpaired) electrons. The van der Waals surface area contributed by atoms with E-state index in [1.165, 1.54) is 6.92 Å². The first-order chi connectivity index (χ1) is 12.2. The van der Waals surface area contributed by atoms with Crippen LogP contribution < -0.4 is 0 Å². The molecule has 5 nitrogen and oxygen atoms in total. The van der Waals surface area contributed by atoms with Crippen molar-refractivity contribution >= 4 is 23.1 Å². The van der Waals surface area contributed by atoms with Gasteiger partial charge in [0.25, 0.3) is 0 Å². The highest BCUT2D eigenvalue weighted by Gasteiger charge is 2.74. The second-order valence-corrected chi connectivity index (χ2v) is 9.38. The molecule has 0 aromatic rings. The lowest BCUT2D eigenvalue weighted by Gasteiger charge is -2.40. The average molecular weight is 376 g/mol. The van der Waals surface area contributed by atoms with E-state index in [1.54, 1.807) is 20.8 Å². The van der Waals surface area contributed by atoms with Crippen LogP contribution in [0.25, 0.3) is 0 Å². The van der Waals surface area contributed by atoms with Crippen LogP contribution in [0.3, 0.4) is 0 Å². The molecule has 2 saturated carbocycles. The van der Waals surface area contributed by atoms with Crippen molar-refractivity contribution in [2.45, 2.75) is 73.3 Å². The van der Waals surface area contributed by atoms with E-state index in [4.69, 9.17) is 0 Å². The Balaban J connectivity index is 2.70. The van der Waals surface area contributed by atoms with Crippen molar-refractivity contribution in [3.63, 3.8) is 0 Å². The van der Waals surface area contributed by atoms with E-state index >= 15 is 0 Å². The van der Waals surface area contributed by atoms with Gasteiger partial charge < -0.3 is 5.11 Å². The van der Waals surface area contributed by atoms with Crippen LogP contribution in [0.2, 0.25) is 0 Å². The minimum Gasteiger partial charge on any atom is -0.390 e. The molecule has 5 unspecified atom stereocenters. The lowest BCUT2D eigenvalue weighted by Crippen LogP contribution is -2.59. The number of Topliss-reactive ketones (excluding diaryl/α,β-unsaturated/α-hetero) is 4. The molecule has 0 heterocycles. The van der Waals surface area contributed by atoms with Gasteiger partial charge >= 0.3 is 0 Å². The molecule has 0 saturated heterocycles. The molecule has 27 heavy (non-hydrogen) atoms. The van der Waals surface area contributed by atoms with E-state index in [9.17, 15) is 24.3 Å². The van der Waals surface area contributed by atoms with Gasteiger partial charge in [0.15, 0.2) is 23.1 Å². The SMILES string of the molecule is CCC(C)C(=O)C1C(=O)C2(CC=C(C)C)CC(C(C)(C)O)C(C)(C1=O)C2=O. The van der Waals surface area contributed by atoms with Gasteiger partial charge in [0.05, 0.1) is 16.4 Å². The van der Waals surface area contributed by atoms with Crippen molar-refractivity contribution in [3.05, 3.63) is 11.6 Å². The Morgan fingerprint density at radius 3 is 2.26 bits per heavy atom. The van der Waals surface area contributed by atoms with Crippen LogP contribution in [0.5, 0.6) is 0 Å². The monoisotopic (exact) mass is 376 g/mol. The molecule has 0 amide bonds. The van der Waals surface area contributed by atoms with Crippen molar-refractivity contribution < 1.29 is 24.3 Å². The molecule has 150 valence electrons. The van der Waals surface area contributed by atoms with Crippen LogP contribution in [0.4, 0.5) is 0 Å². The first kappa shape index (κ1) is 21.7. The zero-order valence-electron chi connectivity index (χ0n) is 17.5. The Kier molecular flexibility index (Phi) is 5.43. The molecule has 2 rings (SSSR count). The third-order valence-corrected chi connectivity index (χ3v) is 6.76. The molecule has 5 atom stereocenters. The lowest BCUT2D eigenvalue weighted by molar-refractivity contribution is -0.162. The van der Waals surface area contributed by atoms with Crippen molar-refractivity contribution in [1.82, 2.24) is 0 Å². The first-order valence-electron chi connectivity index (χ1n) is 9.78. The van der Waals surface area contributed by atoms with E-state index in [-0.39, 0.29) is 12.8 Å².